The summed E-state index contributed by atoms with van der Waals surface area (Å²) in [6.45, 7) is 10.9. The van der Waals surface area contributed by atoms with Crippen LogP contribution in [0.15, 0.2) is 72.0 Å². The van der Waals surface area contributed by atoms with Gasteiger partial charge in [-0.1, -0.05) is 57.2 Å². The van der Waals surface area contributed by atoms with Gasteiger partial charge >= 0.3 is 5.97 Å². The first-order valence-corrected chi connectivity index (χ1v) is 21.9. The van der Waals surface area contributed by atoms with Gasteiger partial charge in [0.15, 0.2) is 5.78 Å². The fraction of sp³-hybridized carbons (Fsp3) is 0.468. The van der Waals surface area contributed by atoms with Gasteiger partial charge < -0.3 is 52.5 Å². The van der Waals surface area contributed by atoms with Crippen molar-refractivity contribution in [2.24, 2.45) is 11.8 Å². The van der Waals surface area contributed by atoms with E-state index in [-0.39, 0.29) is 36.5 Å². The number of phenolic OH excluding ortho intramolecular Hbond substituents is 2. The van der Waals surface area contributed by atoms with Gasteiger partial charge in [-0.2, -0.15) is 0 Å². The van der Waals surface area contributed by atoms with E-state index in [1.54, 1.807) is 45.9 Å². The summed E-state index contributed by atoms with van der Waals surface area (Å²) in [6, 6.07) is 4.13. The SMILES string of the molecule is C/C=C1\NC(=O)[C@H](C)NC(=O)[C@@H](NC(=O)[C@@H](Cc2ccc(O)cc2)NC(=O)[C@@H](NC(=O)/C(C)=C/C)C(C)C)[C@@H](C)CC(=O)[C@H](CCCc2ccc(O)cc2)NC(=O)[C@@H](CCC(=O)O)NC1=O. The highest BCUT2D eigenvalue weighted by Gasteiger charge is 2.37. The summed E-state index contributed by atoms with van der Waals surface area (Å²) in [6.07, 6.45) is 2.12. The number of hydrogen-bond donors (Lipinski definition) is 10. The maximum Gasteiger partial charge on any atom is 0.303 e. The molecule has 0 radical (unpaired) electrons. The lowest BCUT2D eigenvalue weighted by atomic mass is 9.90. The molecule has 0 saturated carbocycles. The molecule has 1 saturated heterocycles. The molecule has 66 heavy (non-hydrogen) atoms. The molecule has 0 spiro atoms. The zero-order valence-corrected chi connectivity index (χ0v) is 38.4. The number of aryl methyl sites for hydroxylation is 1. The molecule has 1 aliphatic heterocycles. The van der Waals surface area contributed by atoms with Crippen LogP contribution in [0.3, 0.4) is 0 Å². The first-order chi connectivity index (χ1) is 31.1. The molecule has 1 heterocycles. The molecule has 0 aliphatic carbocycles. The van der Waals surface area contributed by atoms with Crippen molar-refractivity contribution in [3.63, 3.8) is 0 Å². The van der Waals surface area contributed by atoms with Crippen LogP contribution in [0.1, 0.15) is 91.7 Å². The van der Waals surface area contributed by atoms with E-state index in [4.69, 9.17) is 0 Å². The zero-order valence-electron chi connectivity index (χ0n) is 38.4. The third kappa shape index (κ3) is 16.5. The van der Waals surface area contributed by atoms with Crippen LogP contribution in [0.5, 0.6) is 11.5 Å². The molecule has 2 aromatic carbocycles. The fourth-order valence-electron chi connectivity index (χ4n) is 6.96. The number of aliphatic carboxylic acids is 1. The van der Waals surface area contributed by atoms with E-state index in [1.165, 1.54) is 63.2 Å². The predicted molar refractivity (Wildman–Crippen MR) is 242 cm³/mol. The molecule has 19 heteroatoms. The molecule has 19 nitrogen and oxygen atoms in total. The van der Waals surface area contributed by atoms with Gasteiger partial charge in [0.1, 0.15) is 47.4 Å². The number of carboxylic acids is 1. The molecule has 1 aliphatic rings. The molecule has 3 rings (SSSR count). The summed E-state index contributed by atoms with van der Waals surface area (Å²) in [5.74, 6) is -9.02. The van der Waals surface area contributed by atoms with Crippen molar-refractivity contribution in [2.45, 2.75) is 130 Å². The topological polar surface area (TPSA) is 299 Å². The largest absolute Gasteiger partial charge is 0.508 e. The molecule has 358 valence electrons. The lowest BCUT2D eigenvalue weighted by molar-refractivity contribution is -0.138. The Morgan fingerprint density at radius 2 is 1.38 bits per heavy atom. The maximum absolute atomic E-state index is 14.5. The van der Waals surface area contributed by atoms with E-state index in [2.05, 4.69) is 37.2 Å². The Bertz CT molecular complexity index is 2150. The van der Waals surface area contributed by atoms with Gasteiger partial charge in [0.05, 0.1) is 6.04 Å². The lowest BCUT2D eigenvalue weighted by Crippen LogP contribution is -2.61. The Kier molecular flexibility index (Phi) is 20.5. The van der Waals surface area contributed by atoms with E-state index in [0.717, 1.165) is 5.56 Å². The molecule has 0 aromatic heterocycles. The second kappa shape index (κ2) is 25.4. The van der Waals surface area contributed by atoms with Crippen LogP contribution in [0.2, 0.25) is 0 Å². The fourth-order valence-corrected chi connectivity index (χ4v) is 6.96. The minimum absolute atomic E-state index is 0.0516. The molecule has 0 bridgehead atoms. The number of benzene rings is 2. The normalized spacial score (nSPS) is 21.7. The van der Waals surface area contributed by atoms with Gasteiger partial charge in [0.2, 0.25) is 35.4 Å². The van der Waals surface area contributed by atoms with E-state index in [9.17, 15) is 58.5 Å². The number of carbonyl (C=O) groups excluding carboxylic acids is 8. The summed E-state index contributed by atoms with van der Waals surface area (Å²) < 4.78 is 0. The number of ketones is 1. The summed E-state index contributed by atoms with van der Waals surface area (Å²) in [7, 11) is 0. The maximum atomic E-state index is 14.5. The van der Waals surface area contributed by atoms with Gasteiger partial charge in [0.25, 0.3) is 5.91 Å². The average Bonchev–Trinajstić information content (AvgIpc) is 3.27. The second-order valence-corrected chi connectivity index (χ2v) is 16.7. The number of phenols is 2. The summed E-state index contributed by atoms with van der Waals surface area (Å²) in [5, 5.41) is 47.2. The van der Waals surface area contributed by atoms with Crippen molar-refractivity contribution >= 4 is 53.1 Å². The van der Waals surface area contributed by atoms with Crippen LogP contribution in [0.25, 0.3) is 0 Å². The number of carboxylic acid groups (broad SMARTS) is 1. The van der Waals surface area contributed by atoms with E-state index in [0.29, 0.717) is 24.0 Å². The van der Waals surface area contributed by atoms with Crippen molar-refractivity contribution in [3.8, 4) is 11.5 Å². The zero-order chi connectivity index (χ0) is 49.2. The third-order valence-electron chi connectivity index (χ3n) is 11.1. The number of amides is 7. The van der Waals surface area contributed by atoms with E-state index in [1.807, 2.05) is 0 Å². The van der Waals surface area contributed by atoms with Crippen molar-refractivity contribution in [2.75, 3.05) is 0 Å². The van der Waals surface area contributed by atoms with Crippen molar-refractivity contribution in [3.05, 3.63) is 83.1 Å². The van der Waals surface area contributed by atoms with Crippen LogP contribution >= 0.6 is 0 Å². The highest BCUT2D eigenvalue weighted by molar-refractivity contribution is 6.02. The number of carbonyl (C=O) groups is 9. The number of nitrogens with one attached hydrogen (secondary N) is 7. The van der Waals surface area contributed by atoms with Crippen molar-refractivity contribution in [1.82, 2.24) is 37.2 Å². The Hall–Kier alpha value is -7.05. The smallest absolute Gasteiger partial charge is 0.303 e. The standard InChI is InChI=1S/C47H63N7O12/c1-8-26(5)41(60)53-39(25(3)4)46(65)52-36(24-30-15-19-32(56)20-16-30)45(64)54-40-27(6)23-37(57)34(12-10-11-29-13-17-31(55)18-14-29)50-44(63)35(21-22-38(58)59)51-43(62)33(9-2)49-42(61)28(7)48-47(40)66/h8-9,13-20,25,27-28,34-36,39-40,55-56H,10-12,21-24H2,1-7H3,(H,48,66)(H,49,61)(H,50,63)(H,51,62)(H,52,65)(H,53,60)(H,54,64)(H,58,59)/b26-8+,33-9-/t27-,28-,34-,35+,36+,39-,40-/m0/s1. The van der Waals surface area contributed by atoms with Crippen molar-refractivity contribution < 1.29 is 58.5 Å². The van der Waals surface area contributed by atoms with Crippen LogP contribution in [0, 0.1) is 11.8 Å². The van der Waals surface area contributed by atoms with Gasteiger partial charge in [-0.25, -0.2) is 0 Å². The Morgan fingerprint density at radius 1 is 0.773 bits per heavy atom. The summed E-state index contributed by atoms with van der Waals surface area (Å²) in [5.41, 5.74) is 1.34. The monoisotopic (exact) mass is 917 g/mol. The highest BCUT2D eigenvalue weighted by Crippen LogP contribution is 2.19. The Morgan fingerprint density at radius 3 is 1.94 bits per heavy atom. The Balaban J connectivity index is 2.08. The molecule has 0 unspecified atom stereocenters. The molecule has 7 amide bonds. The van der Waals surface area contributed by atoms with Crippen LogP contribution in [0.4, 0.5) is 0 Å². The number of allylic oxidation sites excluding steroid dienone is 2. The molecular formula is C47H63N7O12. The van der Waals surface area contributed by atoms with Crippen molar-refractivity contribution in [1.29, 1.82) is 0 Å². The molecule has 10 N–H and O–H groups in total. The van der Waals surface area contributed by atoms with Gasteiger partial charge in [0, 0.05) is 24.8 Å². The third-order valence-corrected chi connectivity index (χ3v) is 11.1. The minimum Gasteiger partial charge on any atom is -0.508 e. The molecule has 2 aromatic rings. The summed E-state index contributed by atoms with van der Waals surface area (Å²) in [4.78, 5) is 122. The van der Waals surface area contributed by atoms with Gasteiger partial charge in [-0.15, -0.1) is 0 Å². The molecular weight excluding hydrogens is 855 g/mol. The Labute approximate surface area is 384 Å². The molecule has 1 fully saturated rings. The van der Waals surface area contributed by atoms with E-state index < -0.39 is 114 Å². The van der Waals surface area contributed by atoms with Gasteiger partial charge in [-0.3, -0.25) is 43.2 Å². The highest BCUT2D eigenvalue weighted by atomic mass is 16.4. The quantitative estimate of drug-likeness (QED) is 0.108. The second-order valence-electron chi connectivity index (χ2n) is 16.7. The average molecular weight is 918 g/mol. The number of rotatable bonds is 16. The first kappa shape index (κ1) is 53.3. The van der Waals surface area contributed by atoms with Crippen LogP contribution in [-0.2, 0) is 56.0 Å². The lowest BCUT2D eigenvalue weighted by Gasteiger charge is -2.30. The van der Waals surface area contributed by atoms with E-state index >= 15 is 0 Å². The van der Waals surface area contributed by atoms with Gasteiger partial charge in [-0.05, 0) is 101 Å². The minimum atomic E-state index is -1.55. The van der Waals surface area contributed by atoms with Crippen LogP contribution in [-0.4, -0.2) is 105 Å². The number of Topliss-reactive ketones (excluding diaryl/α,β-unsaturated/α-hetero) is 1. The molecule has 7 atom stereocenters. The van der Waals surface area contributed by atoms with Crippen LogP contribution < -0.4 is 37.2 Å². The predicted octanol–water partition coefficient (Wildman–Crippen LogP) is 1.71. The first-order valence-electron chi connectivity index (χ1n) is 21.9. The number of aromatic hydroxyl groups is 2. The summed E-state index contributed by atoms with van der Waals surface area (Å²) >= 11 is 0. The number of hydrogen-bond acceptors (Lipinski definition) is 11.